The van der Waals surface area contributed by atoms with Crippen molar-refractivity contribution in [2.24, 2.45) is 0 Å². The minimum absolute atomic E-state index is 0.572. The SMILES string of the molecule is c1ccc(-c2nc(-c3ccccc3)nc(-n3c4ccccc4c4cc5c6ccccc6n(-c6cccc(-c7ccccn7)c6)c5cc43)n2)cc1. The first-order valence-electron chi connectivity index (χ1n) is 16.7. The third kappa shape index (κ3) is 4.50. The molecule has 0 N–H and O–H groups in total. The Bertz CT molecular complexity index is 2800. The summed E-state index contributed by atoms with van der Waals surface area (Å²) in [5, 5.41) is 4.66. The lowest BCUT2D eigenvalue weighted by atomic mass is 10.1. The van der Waals surface area contributed by atoms with Gasteiger partial charge in [-0.05, 0) is 48.5 Å². The van der Waals surface area contributed by atoms with E-state index in [1.807, 2.05) is 79.0 Å². The zero-order valence-electron chi connectivity index (χ0n) is 26.8. The lowest BCUT2D eigenvalue weighted by Gasteiger charge is -2.12. The summed E-state index contributed by atoms with van der Waals surface area (Å²) in [6, 6.07) is 56.7. The summed E-state index contributed by atoms with van der Waals surface area (Å²) in [6.07, 6.45) is 1.84. The Labute approximate surface area is 287 Å². The Morgan fingerprint density at radius 2 is 0.920 bits per heavy atom. The molecular weight excluding hydrogens is 613 g/mol. The van der Waals surface area contributed by atoms with Gasteiger partial charge in [0.15, 0.2) is 11.6 Å². The van der Waals surface area contributed by atoms with Crippen molar-refractivity contribution < 1.29 is 0 Å². The summed E-state index contributed by atoms with van der Waals surface area (Å²) >= 11 is 0. The van der Waals surface area contributed by atoms with Gasteiger partial charge in [-0.2, -0.15) is 9.97 Å². The van der Waals surface area contributed by atoms with Crippen LogP contribution in [0.4, 0.5) is 0 Å². The van der Waals surface area contributed by atoms with Crippen LogP contribution in [0, 0.1) is 0 Å². The molecule has 0 unspecified atom stereocenters. The van der Waals surface area contributed by atoms with Crippen molar-refractivity contribution in [1.82, 2.24) is 29.1 Å². The lowest BCUT2D eigenvalue weighted by molar-refractivity contribution is 0.953. The van der Waals surface area contributed by atoms with E-state index in [0.29, 0.717) is 17.6 Å². The smallest absolute Gasteiger partial charge is 0.238 e. The van der Waals surface area contributed by atoms with E-state index in [9.17, 15) is 0 Å². The van der Waals surface area contributed by atoms with Crippen molar-refractivity contribution in [3.8, 4) is 45.7 Å². The molecule has 10 rings (SSSR count). The Hall–Kier alpha value is -6.92. The molecule has 0 atom stereocenters. The van der Waals surface area contributed by atoms with Gasteiger partial charge in [-0.3, -0.25) is 9.55 Å². The van der Waals surface area contributed by atoms with Gasteiger partial charge in [0.05, 0.1) is 27.8 Å². The second-order valence-electron chi connectivity index (χ2n) is 12.4. The molecule has 0 saturated carbocycles. The van der Waals surface area contributed by atoms with Crippen molar-refractivity contribution in [3.63, 3.8) is 0 Å². The van der Waals surface area contributed by atoms with Crippen molar-refractivity contribution >= 4 is 43.6 Å². The number of aromatic nitrogens is 6. The summed E-state index contributed by atoms with van der Waals surface area (Å²) in [5.74, 6) is 1.83. The molecule has 6 heteroatoms. The maximum absolute atomic E-state index is 5.15. The van der Waals surface area contributed by atoms with Crippen LogP contribution in [0.1, 0.15) is 0 Å². The second-order valence-corrected chi connectivity index (χ2v) is 12.4. The molecule has 0 saturated heterocycles. The highest BCUT2D eigenvalue weighted by Crippen LogP contribution is 2.40. The topological polar surface area (TPSA) is 61.4 Å². The molecule has 0 spiro atoms. The quantitative estimate of drug-likeness (QED) is 0.188. The predicted octanol–water partition coefficient (Wildman–Crippen LogP) is 10.5. The van der Waals surface area contributed by atoms with Crippen LogP contribution in [0.15, 0.2) is 170 Å². The standard InChI is InChI=1S/C44H28N6/c1-3-14-29(15-4-1)42-46-43(30-16-5-2-6-17-30)48-44(47-42)50-39-24-10-8-21-34(39)36-27-35-33-20-7-9-23-38(33)49(40(35)28-41(36)50)32-19-13-18-31(26-32)37-22-11-12-25-45-37/h1-28H. The number of hydrogen-bond acceptors (Lipinski definition) is 4. The van der Waals surface area contributed by atoms with E-state index < -0.39 is 0 Å². The van der Waals surface area contributed by atoms with Crippen LogP contribution in [-0.2, 0) is 0 Å². The first kappa shape index (κ1) is 28.1. The van der Waals surface area contributed by atoms with Gasteiger partial charge in [-0.1, -0.05) is 115 Å². The van der Waals surface area contributed by atoms with Gasteiger partial charge in [0, 0.05) is 50.1 Å². The minimum Gasteiger partial charge on any atom is -0.309 e. The largest absolute Gasteiger partial charge is 0.309 e. The first-order valence-corrected chi connectivity index (χ1v) is 16.7. The van der Waals surface area contributed by atoms with Crippen LogP contribution >= 0.6 is 0 Å². The summed E-state index contributed by atoms with van der Waals surface area (Å²) in [4.78, 5) is 19.9. The van der Waals surface area contributed by atoms with Crippen molar-refractivity contribution in [2.75, 3.05) is 0 Å². The maximum atomic E-state index is 5.15. The van der Waals surface area contributed by atoms with Gasteiger partial charge in [-0.15, -0.1) is 0 Å². The van der Waals surface area contributed by atoms with Crippen LogP contribution in [-0.4, -0.2) is 29.1 Å². The van der Waals surface area contributed by atoms with Crippen LogP contribution < -0.4 is 0 Å². The number of rotatable bonds is 5. The average Bonchev–Trinajstić information content (AvgIpc) is 3.70. The summed E-state index contributed by atoms with van der Waals surface area (Å²) in [5.41, 5.74) is 9.24. The highest BCUT2D eigenvalue weighted by Gasteiger charge is 2.21. The number of hydrogen-bond donors (Lipinski definition) is 0. The summed E-state index contributed by atoms with van der Waals surface area (Å²) < 4.78 is 4.55. The van der Waals surface area contributed by atoms with Crippen LogP contribution in [0.3, 0.4) is 0 Å². The molecule has 234 valence electrons. The zero-order valence-corrected chi connectivity index (χ0v) is 26.8. The van der Waals surface area contributed by atoms with Gasteiger partial charge >= 0.3 is 0 Å². The van der Waals surface area contributed by atoms with Crippen LogP contribution in [0.25, 0.3) is 89.3 Å². The van der Waals surface area contributed by atoms with Gasteiger partial charge < -0.3 is 4.57 Å². The molecule has 0 aliphatic heterocycles. The Balaban J connectivity index is 1.29. The van der Waals surface area contributed by atoms with Gasteiger partial charge in [0.1, 0.15) is 0 Å². The molecule has 4 heterocycles. The molecule has 4 aromatic heterocycles. The fraction of sp³-hybridized carbons (Fsp3) is 0. The number of nitrogens with zero attached hydrogens (tertiary/aromatic N) is 6. The molecule has 0 amide bonds. The summed E-state index contributed by atoms with van der Waals surface area (Å²) in [7, 11) is 0. The average molecular weight is 641 g/mol. The molecular formula is C44H28N6. The normalized spacial score (nSPS) is 11.6. The second kappa shape index (κ2) is 11.4. The van der Waals surface area contributed by atoms with Crippen molar-refractivity contribution in [2.45, 2.75) is 0 Å². The van der Waals surface area contributed by atoms with E-state index in [1.54, 1.807) is 0 Å². The number of benzene rings is 6. The molecule has 0 aliphatic rings. The number of fused-ring (bicyclic) bond motifs is 6. The van der Waals surface area contributed by atoms with E-state index in [-0.39, 0.29) is 0 Å². The molecule has 0 aliphatic carbocycles. The molecule has 0 radical (unpaired) electrons. The molecule has 50 heavy (non-hydrogen) atoms. The fourth-order valence-electron chi connectivity index (χ4n) is 7.16. The number of pyridine rings is 1. The molecule has 6 nitrogen and oxygen atoms in total. The van der Waals surface area contributed by atoms with Gasteiger partial charge in [-0.25, -0.2) is 4.98 Å². The van der Waals surface area contributed by atoms with E-state index in [1.165, 1.54) is 10.8 Å². The van der Waals surface area contributed by atoms with Crippen LogP contribution in [0.5, 0.6) is 0 Å². The Morgan fingerprint density at radius 1 is 0.360 bits per heavy atom. The third-order valence-electron chi connectivity index (χ3n) is 9.42. The van der Waals surface area contributed by atoms with E-state index >= 15 is 0 Å². The Kier molecular flexibility index (Phi) is 6.39. The fourth-order valence-corrected chi connectivity index (χ4v) is 7.16. The van der Waals surface area contributed by atoms with Gasteiger partial charge in [0.25, 0.3) is 0 Å². The van der Waals surface area contributed by atoms with E-state index in [2.05, 4.69) is 105 Å². The van der Waals surface area contributed by atoms with E-state index in [4.69, 9.17) is 15.0 Å². The number of para-hydroxylation sites is 2. The monoisotopic (exact) mass is 640 g/mol. The first-order chi connectivity index (χ1) is 24.8. The molecule has 10 aromatic rings. The van der Waals surface area contributed by atoms with Gasteiger partial charge in [0.2, 0.25) is 5.95 Å². The highest BCUT2D eigenvalue weighted by molar-refractivity contribution is 6.19. The van der Waals surface area contributed by atoms with Crippen molar-refractivity contribution in [1.29, 1.82) is 0 Å². The highest BCUT2D eigenvalue weighted by atomic mass is 15.2. The third-order valence-corrected chi connectivity index (χ3v) is 9.42. The molecule has 6 aromatic carbocycles. The molecule has 0 bridgehead atoms. The minimum atomic E-state index is 0.572. The Morgan fingerprint density at radius 3 is 1.56 bits per heavy atom. The lowest BCUT2D eigenvalue weighted by Crippen LogP contribution is -2.06. The predicted molar refractivity (Wildman–Crippen MR) is 203 cm³/mol. The zero-order chi connectivity index (χ0) is 33.0. The van der Waals surface area contributed by atoms with E-state index in [0.717, 1.165) is 60.9 Å². The van der Waals surface area contributed by atoms with Crippen molar-refractivity contribution in [3.05, 3.63) is 170 Å². The maximum Gasteiger partial charge on any atom is 0.238 e. The van der Waals surface area contributed by atoms with Crippen LogP contribution in [0.2, 0.25) is 0 Å². The molecule has 0 fully saturated rings. The summed E-state index contributed by atoms with van der Waals surface area (Å²) in [6.45, 7) is 0.